The second kappa shape index (κ2) is 4.07. The van der Waals surface area contributed by atoms with Gasteiger partial charge in [0.2, 0.25) is 0 Å². The molecule has 0 bridgehead atoms. The van der Waals surface area contributed by atoms with Crippen molar-refractivity contribution in [2.24, 2.45) is 0 Å². The van der Waals surface area contributed by atoms with Crippen molar-refractivity contribution >= 4 is 0 Å². The molecule has 64 valence electrons. The van der Waals surface area contributed by atoms with Gasteiger partial charge >= 0.3 is 0 Å². The lowest BCUT2D eigenvalue weighted by molar-refractivity contribution is 0.0491. The highest BCUT2D eigenvalue weighted by Crippen LogP contribution is 2.23. The molecule has 12 heavy (non-hydrogen) atoms. The van der Waals surface area contributed by atoms with E-state index in [0.717, 1.165) is 6.42 Å². The van der Waals surface area contributed by atoms with E-state index in [1.807, 2.05) is 24.3 Å². The molecule has 0 spiro atoms. The summed E-state index contributed by atoms with van der Waals surface area (Å²) in [6, 6.07) is 0. The van der Waals surface area contributed by atoms with Crippen molar-refractivity contribution in [1.29, 1.82) is 0 Å². The SMILES string of the molecule is C=CCOC1(C=C)C=CC=CC1. The molecule has 1 nitrogen and oxygen atoms in total. The largest absolute Gasteiger partial charge is 0.362 e. The molecule has 1 atom stereocenters. The number of ether oxygens (including phenoxy) is 1. The molecule has 0 aromatic rings. The first kappa shape index (κ1) is 9.01. The van der Waals surface area contributed by atoms with E-state index in [2.05, 4.69) is 19.2 Å². The van der Waals surface area contributed by atoms with Crippen molar-refractivity contribution in [3.05, 3.63) is 49.6 Å². The number of hydrogen-bond donors (Lipinski definition) is 0. The third-order valence-corrected chi connectivity index (χ3v) is 1.88. The van der Waals surface area contributed by atoms with Gasteiger partial charge in [-0.05, 0) is 6.08 Å². The molecule has 0 fully saturated rings. The Morgan fingerprint density at radius 2 is 2.25 bits per heavy atom. The molecule has 0 aromatic heterocycles. The van der Waals surface area contributed by atoms with Gasteiger partial charge in [0.25, 0.3) is 0 Å². The maximum atomic E-state index is 5.59. The summed E-state index contributed by atoms with van der Waals surface area (Å²) in [7, 11) is 0. The Bertz CT molecular complexity index is 225. The Balaban J connectivity index is 2.62. The Labute approximate surface area is 73.7 Å². The molecule has 1 aliphatic carbocycles. The van der Waals surface area contributed by atoms with Crippen LogP contribution in [0.2, 0.25) is 0 Å². The topological polar surface area (TPSA) is 9.23 Å². The Kier molecular flexibility index (Phi) is 3.06. The van der Waals surface area contributed by atoms with Gasteiger partial charge in [-0.1, -0.05) is 37.0 Å². The van der Waals surface area contributed by atoms with Gasteiger partial charge in [-0.15, -0.1) is 6.58 Å². The van der Waals surface area contributed by atoms with Crippen LogP contribution in [0.4, 0.5) is 0 Å². The molecule has 0 amide bonds. The van der Waals surface area contributed by atoms with Crippen LogP contribution < -0.4 is 0 Å². The monoisotopic (exact) mass is 162 g/mol. The quantitative estimate of drug-likeness (QED) is 0.577. The van der Waals surface area contributed by atoms with Crippen LogP contribution in [0.25, 0.3) is 0 Å². The molecule has 0 heterocycles. The predicted molar refractivity (Wildman–Crippen MR) is 52.0 cm³/mol. The maximum Gasteiger partial charge on any atom is 0.108 e. The van der Waals surface area contributed by atoms with Gasteiger partial charge in [0.05, 0.1) is 6.61 Å². The number of allylic oxidation sites excluding steroid dienone is 2. The Morgan fingerprint density at radius 1 is 1.42 bits per heavy atom. The van der Waals surface area contributed by atoms with E-state index in [1.165, 1.54) is 0 Å². The van der Waals surface area contributed by atoms with Crippen molar-refractivity contribution in [1.82, 2.24) is 0 Å². The molecule has 1 rings (SSSR count). The lowest BCUT2D eigenvalue weighted by Gasteiger charge is -2.27. The lowest BCUT2D eigenvalue weighted by Crippen LogP contribution is -2.27. The lowest BCUT2D eigenvalue weighted by atomic mass is 9.95. The van der Waals surface area contributed by atoms with Crippen molar-refractivity contribution in [3.63, 3.8) is 0 Å². The van der Waals surface area contributed by atoms with Crippen molar-refractivity contribution in [2.45, 2.75) is 12.0 Å². The summed E-state index contributed by atoms with van der Waals surface area (Å²) in [5, 5.41) is 0. The van der Waals surface area contributed by atoms with Gasteiger partial charge in [-0.3, -0.25) is 0 Å². The maximum absolute atomic E-state index is 5.59. The van der Waals surface area contributed by atoms with E-state index in [4.69, 9.17) is 4.74 Å². The minimum absolute atomic E-state index is 0.303. The first-order chi connectivity index (χ1) is 5.83. The van der Waals surface area contributed by atoms with E-state index < -0.39 is 0 Å². The van der Waals surface area contributed by atoms with Gasteiger partial charge in [-0.2, -0.15) is 0 Å². The highest BCUT2D eigenvalue weighted by atomic mass is 16.5. The summed E-state index contributed by atoms with van der Waals surface area (Å²) in [5.41, 5.74) is -0.303. The van der Waals surface area contributed by atoms with Gasteiger partial charge in [-0.25, -0.2) is 0 Å². The summed E-state index contributed by atoms with van der Waals surface area (Å²) >= 11 is 0. The fraction of sp³-hybridized carbons (Fsp3) is 0.273. The highest BCUT2D eigenvalue weighted by molar-refractivity contribution is 5.24. The average molecular weight is 162 g/mol. The molecule has 1 aliphatic rings. The summed E-state index contributed by atoms with van der Waals surface area (Å²) in [6.45, 7) is 7.93. The van der Waals surface area contributed by atoms with Crippen LogP contribution in [-0.2, 0) is 4.74 Å². The predicted octanol–water partition coefficient (Wildman–Crippen LogP) is 2.63. The van der Waals surface area contributed by atoms with Gasteiger partial charge in [0.1, 0.15) is 5.60 Å². The molecule has 0 radical (unpaired) electrons. The summed E-state index contributed by atoms with van der Waals surface area (Å²) in [4.78, 5) is 0. The van der Waals surface area contributed by atoms with Crippen molar-refractivity contribution in [3.8, 4) is 0 Å². The molecule has 0 saturated carbocycles. The van der Waals surface area contributed by atoms with Crippen molar-refractivity contribution in [2.75, 3.05) is 6.61 Å². The van der Waals surface area contributed by atoms with Crippen LogP contribution in [0.3, 0.4) is 0 Å². The van der Waals surface area contributed by atoms with Crippen LogP contribution in [0.5, 0.6) is 0 Å². The highest BCUT2D eigenvalue weighted by Gasteiger charge is 2.22. The van der Waals surface area contributed by atoms with E-state index in [0.29, 0.717) is 6.61 Å². The standard InChI is InChI=1S/C11H14O/c1-3-10-12-11(4-2)8-6-5-7-9-11/h3-8H,1-2,9-10H2. The molecular formula is C11H14O. The molecule has 0 N–H and O–H groups in total. The third-order valence-electron chi connectivity index (χ3n) is 1.88. The fourth-order valence-corrected chi connectivity index (χ4v) is 1.15. The van der Waals surface area contributed by atoms with Crippen molar-refractivity contribution < 1.29 is 4.74 Å². The first-order valence-corrected chi connectivity index (χ1v) is 4.06. The molecular weight excluding hydrogens is 148 g/mol. The third kappa shape index (κ3) is 1.95. The summed E-state index contributed by atoms with van der Waals surface area (Å²) < 4.78 is 5.59. The first-order valence-electron chi connectivity index (χ1n) is 4.06. The van der Waals surface area contributed by atoms with Crippen LogP contribution in [0.15, 0.2) is 49.6 Å². The van der Waals surface area contributed by atoms with Gasteiger partial charge in [0.15, 0.2) is 0 Å². The second-order valence-electron chi connectivity index (χ2n) is 2.75. The minimum Gasteiger partial charge on any atom is -0.362 e. The van der Waals surface area contributed by atoms with Gasteiger partial charge < -0.3 is 4.74 Å². The molecule has 0 aromatic carbocycles. The summed E-state index contributed by atoms with van der Waals surface area (Å²) in [5.74, 6) is 0. The zero-order valence-electron chi connectivity index (χ0n) is 7.20. The normalized spacial score (nSPS) is 27.0. The second-order valence-corrected chi connectivity index (χ2v) is 2.75. The fourth-order valence-electron chi connectivity index (χ4n) is 1.15. The number of hydrogen-bond acceptors (Lipinski definition) is 1. The zero-order chi connectivity index (χ0) is 8.86. The molecule has 0 saturated heterocycles. The Morgan fingerprint density at radius 3 is 2.75 bits per heavy atom. The van der Waals surface area contributed by atoms with E-state index in [9.17, 15) is 0 Å². The van der Waals surface area contributed by atoms with E-state index in [1.54, 1.807) is 6.08 Å². The Hall–Kier alpha value is -1.08. The zero-order valence-corrected chi connectivity index (χ0v) is 7.20. The van der Waals surface area contributed by atoms with Crippen LogP contribution >= 0.6 is 0 Å². The van der Waals surface area contributed by atoms with Gasteiger partial charge in [0, 0.05) is 6.42 Å². The number of rotatable bonds is 4. The smallest absolute Gasteiger partial charge is 0.108 e. The molecule has 1 heteroatoms. The summed E-state index contributed by atoms with van der Waals surface area (Å²) in [6.07, 6.45) is 12.5. The van der Waals surface area contributed by atoms with Crippen LogP contribution in [0.1, 0.15) is 6.42 Å². The van der Waals surface area contributed by atoms with Crippen LogP contribution in [0, 0.1) is 0 Å². The minimum atomic E-state index is -0.303. The van der Waals surface area contributed by atoms with Crippen LogP contribution in [-0.4, -0.2) is 12.2 Å². The van der Waals surface area contributed by atoms with E-state index in [-0.39, 0.29) is 5.60 Å². The molecule has 0 aliphatic heterocycles. The van der Waals surface area contributed by atoms with E-state index >= 15 is 0 Å². The average Bonchev–Trinajstić information content (AvgIpc) is 2.16. The molecule has 1 unspecified atom stereocenters.